The van der Waals surface area contributed by atoms with E-state index in [2.05, 4.69) is 27.8 Å². The predicted octanol–water partition coefficient (Wildman–Crippen LogP) is 4.30. The molecule has 126 valence electrons. The number of aliphatic imine (C=N–C) groups is 1. The Balaban J connectivity index is 1.81. The van der Waals surface area contributed by atoms with E-state index in [1.54, 1.807) is 24.3 Å². The Morgan fingerprint density at radius 2 is 1.79 bits per heavy atom. The van der Waals surface area contributed by atoms with Gasteiger partial charge in [-0.05, 0) is 36.8 Å². The van der Waals surface area contributed by atoms with Gasteiger partial charge in [0.25, 0.3) is 10.0 Å². The summed E-state index contributed by atoms with van der Waals surface area (Å²) >= 11 is 4.81. The Morgan fingerprint density at radius 1 is 1.12 bits per heavy atom. The van der Waals surface area contributed by atoms with Gasteiger partial charge >= 0.3 is 0 Å². The second kappa shape index (κ2) is 7.29. The van der Waals surface area contributed by atoms with E-state index in [0.29, 0.717) is 18.3 Å². The molecule has 2 aromatic carbocycles. The molecule has 3 rings (SSSR count). The van der Waals surface area contributed by atoms with Gasteiger partial charge in [0.15, 0.2) is 5.17 Å². The minimum Gasteiger partial charge on any atom is -0.260 e. The van der Waals surface area contributed by atoms with Gasteiger partial charge in [-0.25, -0.2) is 12.7 Å². The molecule has 0 aliphatic carbocycles. The van der Waals surface area contributed by atoms with Crippen molar-refractivity contribution in [2.75, 3.05) is 13.1 Å². The number of amidine groups is 1. The zero-order valence-corrected chi connectivity index (χ0v) is 16.3. The van der Waals surface area contributed by atoms with Gasteiger partial charge in [0, 0.05) is 9.72 Å². The van der Waals surface area contributed by atoms with Crippen molar-refractivity contribution >= 4 is 42.9 Å². The van der Waals surface area contributed by atoms with E-state index in [4.69, 9.17) is 0 Å². The summed E-state index contributed by atoms with van der Waals surface area (Å²) in [6.45, 7) is 2.95. The number of hydrogen-bond donors (Lipinski definition) is 0. The van der Waals surface area contributed by atoms with Gasteiger partial charge < -0.3 is 0 Å². The van der Waals surface area contributed by atoms with Gasteiger partial charge in [-0.1, -0.05) is 58.0 Å². The van der Waals surface area contributed by atoms with Gasteiger partial charge in [0.2, 0.25) is 0 Å². The molecule has 0 radical (unpaired) electrons. The van der Waals surface area contributed by atoms with Crippen LogP contribution in [0.15, 0.2) is 69.0 Å². The van der Waals surface area contributed by atoms with Crippen molar-refractivity contribution in [3.63, 3.8) is 0 Å². The van der Waals surface area contributed by atoms with Crippen LogP contribution in [0.5, 0.6) is 0 Å². The number of hydrogen-bond acceptors (Lipinski definition) is 4. The number of rotatable bonds is 4. The van der Waals surface area contributed by atoms with Crippen molar-refractivity contribution in [1.82, 2.24) is 4.31 Å². The van der Waals surface area contributed by atoms with Crippen LogP contribution in [-0.2, 0) is 10.0 Å². The highest BCUT2D eigenvalue weighted by Crippen LogP contribution is 2.33. The maximum atomic E-state index is 12.9. The zero-order chi connectivity index (χ0) is 17.2. The van der Waals surface area contributed by atoms with Crippen molar-refractivity contribution in [3.8, 4) is 0 Å². The standard InChI is InChI=1S/C17H17BrN2O2S2/c1-13(14-5-3-2-4-6-14)23-17-19-11-12-20(17)24(21,22)16-9-7-15(18)8-10-16/h2-10,13H,11-12H2,1H3. The zero-order valence-electron chi connectivity index (χ0n) is 13.1. The molecular formula is C17H17BrN2O2S2. The largest absolute Gasteiger partial charge is 0.265 e. The molecule has 1 heterocycles. The van der Waals surface area contributed by atoms with E-state index < -0.39 is 10.0 Å². The van der Waals surface area contributed by atoms with E-state index >= 15 is 0 Å². The second-order valence-electron chi connectivity index (χ2n) is 5.37. The number of halogens is 1. The van der Waals surface area contributed by atoms with Gasteiger partial charge in [-0.15, -0.1) is 0 Å². The van der Waals surface area contributed by atoms with Gasteiger partial charge in [0.1, 0.15) is 0 Å². The highest BCUT2D eigenvalue weighted by molar-refractivity contribution is 9.10. The van der Waals surface area contributed by atoms with Gasteiger partial charge in [0.05, 0.1) is 18.0 Å². The lowest BCUT2D eigenvalue weighted by Crippen LogP contribution is -2.33. The average Bonchev–Trinajstić information content (AvgIpc) is 3.05. The maximum Gasteiger partial charge on any atom is 0.265 e. The molecule has 1 atom stereocenters. The number of nitrogens with zero attached hydrogens (tertiary/aromatic N) is 2. The van der Waals surface area contributed by atoms with Crippen LogP contribution in [0, 0.1) is 0 Å². The lowest BCUT2D eigenvalue weighted by molar-refractivity contribution is 0.540. The topological polar surface area (TPSA) is 49.7 Å². The number of thioether (sulfide) groups is 1. The third-order valence-electron chi connectivity index (χ3n) is 3.72. The summed E-state index contributed by atoms with van der Waals surface area (Å²) in [5.41, 5.74) is 1.15. The molecule has 0 saturated carbocycles. The van der Waals surface area contributed by atoms with E-state index in [1.165, 1.54) is 16.1 Å². The van der Waals surface area contributed by atoms with E-state index in [9.17, 15) is 8.42 Å². The number of sulfonamides is 1. The van der Waals surface area contributed by atoms with Crippen LogP contribution >= 0.6 is 27.7 Å². The molecule has 1 aliphatic rings. The molecule has 0 saturated heterocycles. The molecule has 24 heavy (non-hydrogen) atoms. The summed E-state index contributed by atoms with van der Waals surface area (Å²) in [5, 5.41) is 0.694. The molecule has 1 aliphatic heterocycles. The first-order chi connectivity index (χ1) is 11.5. The van der Waals surface area contributed by atoms with Crippen LogP contribution in [0.3, 0.4) is 0 Å². The SMILES string of the molecule is CC(SC1=NCCN1S(=O)(=O)c1ccc(Br)cc1)c1ccccc1. The Labute approximate surface area is 155 Å². The lowest BCUT2D eigenvalue weighted by Gasteiger charge is -2.22. The van der Waals surface area contributed by atoms with E-state index in [-0.39, 0.29) is 10.1 Å². The predicted molar refractivity (Wildman–Crippen MR) is 103 cm³/mol. The Kier molecular flexibility index (Phi) is 5.32. The highest BCUT2D eigenvalue weighted by Gasteiger charge is 2.32. The molecule has 0 N–H and O–H groups in total. The molecule has 0 bridgehead atoms. The monoisotopic (exact) mass is 424 g/mol. The molecule has 0 spiro atoms. The molecule has 0 fully saturated rings. The van der Waals surface area contributed by atoms with Crippen molar-refractivity contribution in [1.29, 1.82) is 0 Å². The smallest absolute Gasteiger partial charge is 0.260 e. The van der Waals surface area contributed by atoms with Crippen LogP contribution in [0.2, 0.25) is 0 Å². The van der Waals surface area contributed by atoms with E-state index in [0.717, 1.165) is 10.0 Å². The third-order valence-corrected chi connectivity index (χ3v) is 7.35. The molecule has 0 amide bonds. The first-order valence-electron chi connectivity index (χ1n) is 7.53. The summed E-state index contributed by atoms with van der Waals surface area (Å²) in [5.74, 6) is 0. The van der Waals surface area contributed by atoms with Crippen molar-refractivity contribution in [2.24, 2.45) is 4.99 Å². The van der Waals surface area contributed by atoms with Crippen molar-refractivity contribution in [3.05, 3.63) is 64.6 Å². The normalized spacial score (nSPS) is 16.1. The first kappa shape index (κ1) is 17.5. The quantitative estimate of drug-likeness (QED) is 0.734. The second-order valence-corrected chi connectivity index (χ2v) is 9.45. The van der Waals surface area contributed by atoms with Crippen LogP contribution in [0.4, 0.5) is 0 Å². The summed E-state index contributed by atoms with van der Waals surface area (Å²) in [6, 6.07) is 16.7. The van der Waals surface area contributed by atoms with Crippen molar-refractivity contribution < 1.29 is 8.42 Å². The Bertz CT molecular complexity index is 837. The third kappa shape index (κ3) is 3.68. The fourth-order valence-corrected chi connectivity index (χ4v) is 5.41. The minimum absolute atomic E-state index is 0.130. The molecule has 7 heteroatoms. The highest BCUT2D eigenvalue weighted by atomic mass is 79.9. The fraction of sp³-hybridized carbons (Fsp3) is 0.235. The van der Waals surface area contributed by atoms with Crippen LogP contribution in [0.25, 0.3) is 0 Å². The summed E-state index contributed by atoms with van der Waals surface area (Å²) in [7, 11) is -3.57. The van der Waals surface area contributed by atoms with Crippen LogP contribution in [-0.4, -0.2) is 31.0 Å². The fourth-order valence-electron chi connectivity index (χ4n) is 2.41. The molecular weight excluding hydrogens is 408 g/mol. The summed E-state index contributed by atoms with van der Waals surface area (Å²) in [6.07, 6.45) is 0. The molecule has 4 nitrogen and oxygen atoms in total. The lowest BCUT2D eigenvalue weighted by atomic mass is 10.2. The average molecular weight is 425 g/mol. The minimum atomic E-state index is -3.57. The molecule has 0 aromatic heterocycles. The number of benzene rings is 2. The Hall–Kier alpha value is -1.31. The van der Waals surface area contributed by atoms with E-state index in [1.807, 2.05) is 30.3 Å². The van der Waals surface area contributed by atoms with Crippen molar-refractivity contribution in [2.45, 2.75) is 17.1 Å². The molecule has 1 unspecified atom stereocenters. The van der Waals surface area contributed by atoms with Gasteiger partial charge in [-0.2, -0.15) is 0 Å². The van der Waals surface area contributed by atoms with Crippen LogP contribution < -0.4 is 0 Å². The summed E-state index contributed by atoms with van der Waals surface area (Å²) in [4.78, 5) is 4.69. The van der Waals surface area contributed by atoms with Crippen LogP contribution in [0.1, 0.15) is 17.7 Å². The molecule has 2 aromatic rings. The summed E-state index contributed by atoms with van der Waals surface area (Å²) < 4.78 is 28.0. The first-order valence-corrected chi connectivity index (χ1v) is 10.6. The maximum absolute atomic E-state index is 12.9. The van der Waals surface area contributed by atoms with Gasteiger partial charge in [-0.3, -0.25) is 4.99 Å². The Morgan fingerprint density at radius 3 is 2.46 bits per heavy atom.